The van der Waals surface area contributed by atoms with Crippen LogP contribution in [0.25, 0.3) is 27.6 Å². The molecule has 5 rings (SSSR count). The Morgan fingerprint density at radius 2 is 1.70 bits per heavy atom. The average Bonchev–Trinajstić information content (AvgIpc) is 2.81. The Balaban J connectivity index is 1.82. The molecule has 1 aliphatic rings. The van der Waals surface area contributed by atoms with Crippen molar-refractivity contribution in [3.63, 3.8) is 0 Å². The van der Waals surface area contributed by atoms with E-state index in [1.54, 1.807) is 0 Å². The third kappa shape index (κ3) is 3.09. The number of aryl methyl sites for hydroxylation is 1. The molecular weight excluding hydrogens is 364 g/mol. The van der Waals surface area contributed by atoms with Crippen molar-refractivity contribution in [2.45, 2.75) is 26.8 Å². The van der Waals surface area contributed by atoms with Crippen LogP contribution in [0.3, 0.4) is 0 Å². The lowest BCUT2D eigenvalue weighted by Crippen LogP contribution is -2.44. The van der Waals surface area contributed by atoms with E-state index in [2.05, 4.69) is 109 Å². The number of allylic oxidation sites excluding steroid dienone is 1. The summed E-state index contributed by atoms with van der Waals surface area (Å²) in [6.45, 7) is 6.38. The molecule has 0 amide bonds. The Morgan fingerprint density at radius 3 is 2.43 bits per heavy atom. The summed E-state index contributed by atoms with van der Waals surface area (Å²) in [6.07, 6.45) is 3.35. The van der Waals surface area contributed by atoms with Crippen molar-refractivity contribution in [3.05, 3.63) is 102 Å². The number of nitrogens with zero attached hydrogens (tertiary/aromatic N) is 1. The fourth-order valence-corrected chi connectivity index (χ4v) is 4.68. The number of benzene rings is 3. The highest BCUT2D eigenvalue weighted by Gasteiger charge is 2.27. The van der Waals surface area contributed by atoms with E-state index in [1.807, 2.05) is 0 Å². The first kappa shape index (κ1) is 18.6. The molecule has 0 aliphatic carbocycles. The smallest absolute Gasteiger partial charge is 0.237 e. The number of nitrogens with one attached hydrogen (secondary N) is 1. The maximum Gasteiger partial charge on any atom is 0.237 e. The third-order valence-corrected chi connectivity index (χ3v) is 6.02. The highest BCUT2D eigenvalue weighted by molar-refractivity contribution is 6.04. The van der Waals surface area contributed by atoms with E-state index < -0.39 is 0 Å². The van der Waals surface area contributed by atoms with Gasteiger partial charge in [-0.25, -0.2) is 0 Å². The van der Waals surface area contributed by atoms with Gasteiger partial charge in [-0.1, -0.05) is 79.7 Å². The van der Waals surface area contributed by atoms with Gasteiger partial charge in [0.25, 0.3) is 0 Å². The van der Waals surface area contributed by atoms with Gasteiger partial charge >= 0.3 is 0 Å². The summed E-state index contributed by atoms with van der Waals surface area (Å²) in [5.74, 6) is 0. The van der Waals surface area contributed by atoms with Crippen LogP contribution in [0.1, 0.15) is 30.2 Å². The van der Waals surface area contributed by atoms with Crippen molar-refractivity contribution in [2.24, 2.45) is 0 Å². The Bertz CT molecular complexity index is 1240. The van der Waals surface area contributed by atoms with Crippen LogP contribution in [0, 0.1) is 6.92 Å². The normalized spacial score (nSPS) is 13.3. The Morgan fingerprint density at radius 1 is 0.967 bits per heavy atom. The first-order chi connectivity index (χ1) is 14.8. The molecular formula is C28H27N2+. The molecule has 0 spiro atoms. The fraction of sp³-hybridized carbons (Fsp3) is 0.179. The Hall–Kier alpha value is -3.39. The maximum absolute atomic E-state index is 3.75. The molecule has 0 unspecified atom stereocenters. The second-order valence-corrected chi connectivity index (χ2v) is 7.92. The molecule has 1 aliphatic heterocycles. The maximum atomic E-state index is 3.75. The van der Waals surface area contributed by atoms with Gasteiger partial charge < -0.3 is 5.32 Å². The summed E-state index contributed by atoms with van der Waals surface area (Å²) in [6, 6.07) is 28.4. The molecule has 0 atom stereocenters. The first-order valence-electron chi connectivity index (χ1n) is 10.8. The number of hydrogen-bond acceptors (Lipinski definition) is 1. The molecule has 0 radical (unpaired) electrons. The van der Waals surface area contributed by atoms with Gasteiger partial charge in [0.05, 0.1) is 11.9 Å². The van der Waals surface area contributed by atoms with Gasteiger partial charge in [0.1, 0.15) is 5.69 Å². The minimum absolute atomic E-state index is 0.948. The molecule has 4 aromatic rings. The highest BCUT2D eigenvalue weighted by atomic mass is 15.1. The highest BCUT2D eigenvalue weighted by Crippen LogP contribution is 2.38. The van der Waals surface area contributed by atoms with Crippen LogP contribution in [0.15, 0.2) is 84.9 Å². The number of anilines is 1. The van der Waals surface area contributed by atoms with Crippen LogP contribution < -0.4 is 9.88 Å². The van der Waals surface area contributed by atoms with E-state index in [4.69, 9.17) is 0 Å². The fourth-order valence-electron chi connectivity index (χ4n) is 4.68. The second kappa shape index (κ2) is 7.79. The van der Waals surface area contributed by atoms with E-state index in [0.29, 0.717) is 0 Å². The van der Waals surface area contributed by atoms with Crippen molar-refractivity contribution < 1.29 is 4.57 Å². The zero-order valence-corrected chi connectivity index (χ0v) is 17.7. The zero-order valence-electron chi connectivity index (χ0n) is 17.7. The van der Waals surface area contributed by atoms with Crippen LogP contribution in [0.4, 0.5) is 5.69 Å². The lowest BCUT2D eigenvalue weighted by Gasteiger charge is -2.22. The van der Waals surface area contributed by atoms with Gasteiger partial charge in [0, 0.05) is 24.1 Å². The topological polar surface area (TPSA) is 15.9 Å². The number of hydrogen-bond donors (Lipinski definition) is 1. The predicted molar refractivity (Wildman–Crippen MR) is 127 cm³/mol. The van der Waals surface area contributed by atoms with Crippen LogP contribution in [-0.2, 0) is 6.54 Å². The van der Waals surface area contributed by atoms with Gasteiger partial charge in [-0.2, -0.15) is 4.57 Å². The number of pyridine rings is 1. The molecule has 2 heteroatoms. The number of rotatable bonds is 4. The Kier molecular flexibility index (Phi) is 4.84. The second-order valence-electron chi connectivity index (χ2n) is 7.92. The summed E-state index contributed by atoms with van der Waals surface area (Å²) in [7, 11) is 0. The third-order valence-electron chi connectivity index (χ3n) is 6.02. The quantitative estimate of drug-likeness (QED) is 0.400. The molecule has 1 aromatic heterocycles. The van der Waals surface area contributed by atoms with Crippen LogP contribution in [-0.4, -0.2) is 6.54 Å². The van der Waals surface area contributed by atoms with Gasteiger partial charge in [-0.3, -0.25) is 0 Å². The molecule has 0 bridgehead atoms. The minimum Gasteiger partial charge on any atom is -0.373 e. The molecule has 0 saturated heterocycles. The first-order valence-corrected chi connectivity index (χ1v) is 10.8. The number of aromatic nitrogens is 1. The molecule has 0 saturated carbocycles. The van der Waals surface area contributed by atoms with Crippen molar-refractivity contribution in [1.29, 1.82) is 0 Å². The van der Waals surface area contributed by atoms with Crippen LogP contribution in [0.5, 0.6) is 0 Å². The van der Waals surface area contributed by atoms with Gasteiger partial charge in [0.2, 0.25) is 5.52 Å². The molecule has 3 aromatic carbocycles. The molecule has 1 N–H and O–H groups in total. The van der Waals surface area contributed by atoms with E-state index in [0.717, 1.165) is 19.5 Å². The lowest BCUT2D eigenvalue weighted by molar-refractivity contribution is -0.675. The largest absolute Gasteiger partial charge is 0.373 e. The molecule has 30 heavy (non-hydrogen) atoms. The monoisotopic (exact) mass is 391 g/mol. The zero-order chi connectivity index (χ0) is 20.5. The van der Waals surface area contributed by atoms with Crippen LogP contribution in [0.2, 0.25) is 0 Å². The van der Waals surface area contributed by atoms with E-state index in [-0.39, 0.29) is 0 Å². The molecule has 2 heterocycles. The SMILES string of the molecule is CC/C=C(/c1ccccc1)c1ccc2c(-c3ccccc3)cc(C)[n+]3c2c1NCC3. The summed E-state index contributed by atoms with van der Waals surface area (Å²) < 4.78 is 2.48. The standard InChI is InChI=1S/C28H27N2/c1-3-10-23(21-11-6-4-7-12-21)24-15-16-25-26(22-13-8-5-9-14-22)19-20(2)30-18-17-29-27(24)28(25)30/h4-16,19,29H,3,17-18H2,1-2H3/q+1/b23-10-. The van der Waals surface area contributed by atoms with Gasteiger partial charge in [0.15, 0.2) is 12.2 Å². The molecule has 0 fully saturated rings. The van der Waals surface area contributed by atoms with Crippen molar-refractivity contribution >= 4 is 22.2 Å². The van der Waals surface area contributed by atoms with E-state index in [9.17, 15) is 0 Å². The van der Waals surface area contributed by atoms with Crippen molar-refractivity contribution in [1.82, 2.24) is 0 Å². The Labute approximate surface area is 178 Å². The van der Waals surface area contributed by atoms with Crippen molar-refractivity contribution in [3.8, 4) is 11.1 Å². The predicted octanol–water partition coefficient (Wildman–Crippen LogP) is 6.37. The molecule has 2 nitrogen and oxygen atoms in total. The minimum atomic E-state index is 0.948. The summed E-state index contributed by atoms with van der Waals surface area (Å²) in [4.78, 5) is 0. The summed E-state index contributed by atoms with van der Waals surface area (Å²) >= 11 is 0. The lowest BCUT2D eigenvalue weighted by atomic mass is 9.91. The van der Waals surface area contributed by atoms with Gasteiger partial charge in [-0.15, -0.1) is 0 Å². The summed E-state index contributed by atoms with van der Waals surface area (Å²) in [5.41, 5.74) is 10.3. The van der Waals surface area contributed by atoms with Crippen molar-refractivity contribution in [2.75, 3.05) is 11.9 Å². The van der Waals surface area contributed by atoms with E-state index >= 15 is 0 Å². The van der Waals surface area contributed by atoms with E-state index in [1.165, 1.54) is 50.1 Å². The van der Waals surface area contributed by atoms with Crippen LogP contribution >= 0.6 is 0 Å². The van der Waals surface area contributed by atoms with Gasteiger partial charge in [-0.05, 0) is 29.2 Å². The molecule has 148 valence electrons. The summed E-state index contributed by atoms with van der Waals surface area (Å²) in [5, 5.41) is 5.06. The average molecular weight is 392 g/mol.